The minimum absolute atomic E-state index is 1.10. The van der Waals surface area contributed by atoms with Gasteiger partial charge in [0, 0.05) is 16.9 Å². The lowest BCUT2D eigenvalue weighted by Crippen LogP contribution is -2.12. The summed E-state index contributed by atoms with van der Waals surface area (Å²) in [5, 5.41) is 4.96. The second kappa shape index (κ2) is 13.3. The molecule has 0 aromatic heterocycles. The van der Waals surface area contributed by atoms with Crippen molar-refractivity contribution in [2.24, 2.45) is 0 Å². The third kappa shape index (κ3) is 6.07. The Labute approximate surface area is 299 Å². The SMILES string of the molecule is c1ccc(-c2cccc(N(c3cccc(-c4ccc5ccccc5c4)c3)c3cc(-c4ccc5ccccc5c4)ccc3-c3ccccc3)c2)cc1. The predicted molar refractivity (Wildman–Crippen MR) is 218 cm³/mol. The van der Waals surface area contributed by atoms with Gasteiger partial charge in [-0.05, 0) is 103 Å². The summed E-state index contributed by atoms with van der Waals surface area (Å²) in [6.45, 7) is 0. The lowest BCUT2D eigenvalue weighted by Gasteiger charge is -2.29. The van der Waals surface area contributed by atoms with Gasteiger partial charge in [-0.25, -0.2) is 0 Å². The van der Waals surface area contributed by atoms with Gasteiger partial charge in [0.05, 0.1) is 5.69 Å². The molecule has 9 aromatic carbocycles. The number of rotatable bonds is 7. The first-order chi connectivity index (χ1) is 25.3. The van der Waals surface area contributed by atoms with Crippen LogP contribution in [0.15, 0.2) is 212 Å². The Morgan fingerprint density at radius 2 is 0.647 bits per heavy atom. The van der Waals surface area contributed by atoms with Crippen LogP contribution in [-0.2, 0) is 0 Å². The molecule has 240 valence electrons. The molecule has 0 N–H and O–H groups in total. The van der Waals surface area contributed by atoms with Crippen LogP contribution in [0.1, 0.15) is 0 Å². The van der Waals surface area contributed by atoms with Crippen molar-refractivity contribution < 1.29 is 0 Å². The third-order valence-electron chi connectivity index (χ3n) is 9.80. The quantitative estimate of drug-likeness (QED) is 0.166. The first-order valence-electron chi connectivity index (χ1n) is 17.5. The molecule has 0 aliphatic carbocycles. The Morgan fingerprint density at radius 3 is 1.22 bits per heavy atom. The minimum atomic E-state index is 1.10. The zero-order chi connectivity index (χ0) is 34.0. The van der Waals surface area contributed by atoms with Crippen LogP contribution in [0.2, 0.25) is 0 Å². The van der Waals surface area contributed by atoms with E-state index in [1.807, 2.05) is 0 Å². The fraction of sp³-hybridized carbons (Fsp3) is 0. The molecule has 0 atom stereocenters. The van der Waals surface area contributed by atoms with E-state index < -0.39 is 0 Å². The van der Waals surface area contributed by atoms with Gasteiger partial charge in [0.2, 0.25) is 0 Å². The van der Waals surface area contributed by atoms with Crippen LogP contribution in [-0.4, -0.2) is 0 Å². The van der Waals surface area contributed by atoms with E-state index in [0.29, 0.717) is 0 Å². The molecule has 1 nitrogen and oxygen atoms in total. The van der Waals surface area contributed by atoms with Gasteiger partial charge in [-0.15, -0.1) is 0 Å². The molecule has 0 fully saturated rings. The zero-order valence-electron chi connectivity index (χ0n) is 28.2. The monoisotopic (exact) mass is 649 g/mol. The lowest BCUT2D eigenvalue weighted by molar-refractivity contribution is 1.28. The molecular formula is C50H35N. The van der Waals surface area contributed by atoms with Crippen LogP contribution in [0.4, 0.5) is 17.1 Å². The number of hydrogen-bond donors (Lipinski definition) is 0. The van der Waals surface area contributed by atoms with Crippen molar-refractivity contribution in [2.75, 3.05) is 4.90 Å². The fourth-order valence-electron chi connectivity index (χ4n) is 7.20. The van der Waals surface area contributed by atoms with Crippen LogP contribution >= 0.6 is 0 Å². The van der Waals surface area contributed by atoms with E-state index in [1.165, 1.54) is 66.1 Å². The molecule has 1 heteroatoms. The van der Waals surface area contributed by atoms with Crippen molar-refractivity contribution in [3.05, 3.63) is 212 Å². The second-order valence-corrected chi connectivity index (χ2v) is 13.0. The molecule has 0 unspecified atom stereocenters. The summed E-state index contributed by atoms with van der Waals surface area (Å²) >= 11 is 0. The van der Waals surface area contributed by atoms with Gasteiger partial charge in [0.25, 0.3) is 0 Å². The van der Waals surface area contributed by atoms with Crippen molar-refractivity contribution in [2.45, 2.75) is 0 Å². The predicted octanol–water partition coefficient (Wildman–Crippen LogP) is 14.1. The van der Waals surface area contributed by atoms with Crippen molar-refractivity contribution in [1.29, 1.82) is 0 Å². The summed E-state index contributed by atoms with van der Waals surface area (Å²) in [6.07, 6.45) is 0. The maximum atomic E-state index is 2.43. The minimum Gasteiger partial charge on any atom is -0.310 e. The summed E-state index contributed by atoms with van der Waals surface area (Å²) in [6, 6.07) is 76.8. The Hall–Kier alpha value is -6.70. The normalized spacial score (nSPS) is 11.1. The highest BCUT2D eigenvalue weighted by molar-refractivity contribution is 5.94. The Morgan fingerprint density at radius 1 is 0.235 bits per heavy atom. The standard InChI is InChI=1S/C50H35N/c1-3-13-36(14-4-1)42-21-11-23-47(33-42)51(48-24-12-22-43(34-48)44-27-25-37-15-7-9-19-40(37)31-44)50-35-46(29-30-49(50)39-17-5-2-6-18-39)45-28-26-38-16-8-10-20-41(38)32-45/h1-35H. The summed E-state index contributed by atoms with van der Waals surface area (Å²) in [5.74, 6) is 0. The average molecular weight is 650 g/mol. The van der Waals surface area contributed by atoms with Gasteiger partial charge < -0.3 is 4.90 Å². The zero-order valence-corrected chi connectivity index (χ0v) is 28.2. The van der Waals surface area contributed by atoms with Crippen LogP contribution in [0.25, 0.3) is 66.1 Å². The highest BCUT2D eigenvalue weighted by atomic mass is 15.1. The Balaban J connectivity index is 1.27. The van der Waals surface area contributed by atoms with E-state index in [4.69, 9.17) is 0 Å². The van der Waals surface area contributed by atoms with Crippen LogP contribution in [0.3, 0.4) is 0 Å². The molecule has 0 bridgehead atoms. The van der Waals surface area contributed by atoms with Gasteiger partial charge in [0.15, 0.2) is 0 Å². The Kier molecular flexibility index (Phi) is 7.92. The van der Waals surface area contributed by atoms with Crippen molar-refractivity contribution >= 4 is 38.6 Å². The summed E-state index contributed by atoms with van der Waals surface area (Å²) < 4.78 is 0. The average Bonchev–Trinajstić information content (AvgIpc) is 3.21. The van der Waals surface area contributed by atoms with Gasteiger partial charge in [0.1, 0.15) is 0 Å². The smallest absolute Gasteiger partial charge is 0.0546 e. The topological polar surface area (TPSA) is 3.24 Å². The fourth-order valence-corrected chi connectivity index (χ4v) is 7.20. The molecule has 0 amide bonds. The number of hydrogen-bond acceptors (Lipinski definition) is 1. The molecule has 0 saturated heterocycles. The Bertz CT molecular complexity index is 2640. The molecule has 0 aliphatic heterocycles. The van der Waals surface area contributed by atoms with Crippen LogP contribution < -0.4 is 4.90 Å². The molecule has 9 aromatic rings. The van der Waals surface area contributed by atoms with E-state index >= 15 is 0 Å². The van der Waals surface area contributed by atoms with Crippen molar-refractivity contribution in [3.8, 4) is 44.5 Å². The first-order valence-corrected chi connectivity index (χ1v) is 17.5. The maximum Gasteiger partial charge on any atom is 0.0546 e. The van der Waals surface area contributed by atoms with Crippen LogP contribution in [0, 0.1) is 0 Å². The van der Waals surface area contributed by atoms with E-state index in [2.05, 4.69) is 217 Å². The molecule has 0 spiro atoms. The number of benzene rings is 9. The van der Waals surface area contributed by atoms with Gasteiger partial charge in [-0.1, -0.05) is 170 Å². The van der Waals surface area contributed by atoms with Crippen molar-refractivity contribution in [3.63, 3.8) is 0 Å². The number of fused-ring (bicyclic) bond motifs is 2. The lowest BCUT2D eigenvalue weighted by atomic mass is 9.95. The third-order valence-corrected chi connectivity index (χ3v) is 9.80. The van der Waals surface area contributed by atoms with Gasteiger partial charge in [-0.3, -0.25) is 0 Å². The highest BCUT2D eigenvalue weighted by Gasteiger charge is 2.20. The molecule has 9 rings (SSSR count). The van der Waals surface area contributed by atoms with E-state index in [-0.39, 0.29) is 0 Å². The van der Waals surface area contributed by atoms with E-state index in [9.17, 15) is 0 Å². The second-order valence-electron chi connectivity index (χ2n) is 13.0. The molecule has 0 heterocycles. The number of anilines is 3. The van der Waals surface area contributed by atoms with E-state index in [1.54, 1.807) is 0 Å². The summed E-state index contributed by atoms with van der Waals surface area (Å²) in [5.41, 5.74) is 12.8. The maximum absolute atomic E-state index is 2.43. The molecule has 0 saturated carbocycles. The van der Waals surface area contributed by atoms with Crippen LogP contribution in [0.5, 0.6) is 0 Å². The highest BCUT2D eigenvalue weighted by Crippen LogP contribution is 2.44. The van der Waals surface area contributed by atoms with Gasteiger partial charge in [-0.2, -0.15) is 0 Å². The van der Waals surface area contributed by atoms with Crippen molar-refractivity contribution in [1.82, 2.24) is 0 Å². The van der Waals surface area contributed by atoms with Gasteiger partial charge >= 0.3 is 0 Å². The summed E-state index contributed by atoms with van der Waals surface area (Å²) in [4.78, 5) is 2.43. The number of nitrogens with zero attached hydrogens (tertiary/aromatic N) is 1. The molecule has 51 heavy (non-hydrogen) atoms. The molecule has 0 radical (unpaired) electrons. The molecular weight excluding hydrogens is 615 g/mol. The largest absolute Gasteiger partial charge is 0.310 e. The van der Waals surface area contributed by atoms with E-state index in [0.717, 1.165) is 17.1 Å². The first kappa shape index (κ1) is 30.4. The molecule has 0 aliphatic rings. The summed E-state index contributed by atoms with van der Waals surface area (Å²) in [7, 11) is 0.